The average Bonchev–Trinajstić information content (AvgIpc) is 2.27. The van der Waals surface area contributed by atoms with Crippen LogP contribution in [0.4, 0.5) is 0 Å². The summed E-state index contributed by atoms with van der Waals surface area (Å²) in [6.07, 6.45) is 5.13. The molecule has 0 radical (unpaired) electrons. The number of nitrogens with zero attached hydrogens (tertiary/aromatic N) is 2. The van der Waals surface area contributed by atoms with E-state index in [4.69, 9.17) is 10.7 Å². The van der Waals surface area contributed by atoms with Gasteiger partial charge in [0.2, 0.25) is 0 Å². The molecule has 0 bridgehead atoms. The van der Waals surface area contributed by atoms with E-state index in [9.17, 15) is 0 Å². The van der Waals surface area contributed by atoms with Crippen LogP contribution in [0.5, 0.6) is 0 Å². The third-order valence-corrected chi connectivity index (χ3v) is 2.79. The fourth-order valence-electron chi connectivity index (χ4n) is 1.71. The highest BCUT2D eigenvalue weighted by Gasteiger charge is 2.15. The Morgan fingerprint density at radius 1 is 1.60 bits per heavy atom. The van der Waals surface area contributed by atoms with E-state index in [1.165, 1.54) is 12.8 Å². The van der Waals surface area contributed by atoms with E-state index < -0.39 is 0 Å². The number of likely N-dealkylation sites (tertiary alicyclic amines) is 1. The predicted molar refractivity (Wildman–Crippen MR) is 60.7 cm³/mol. The molecule has 4 nitrogen and oxygen atoms in total. The minimum atomic E-state index is 0.378. The van der Waals surface area contributed by atoms with E-state index in [1.54, 1.807) is 6.20 Å². The molecule has 1 rings (SSSR count). The smallest absolute Gasteiger partial charge is 0.102 e. The molecule has 1 heterocycles. The lowest BCUT2D eigenvalue weighted by atomic mass is 9.97. The van der Waals surface area contributed by atoms with Gasteiger partial charge in [0.15, 0.2) is 0 Å². The van der Waals surface area contributed by atoms with Gasteiger partial charge in [0, 0.05) is 19.0 Å². The van der Waals surface area contributed by atoms with Gasteiger partial charge in [-0.25, -0.2) is 0 Å². The summed E-state index contributed by atoms with van der Waals surface area (Å²) in [4.78, 5) is 2.34. The Hall–Kier alpha value is -1.34. The maximum absolute atomic E-state index is 8.58. The van der Waals surface area contributed by atoms with E-state index in [0.29, 0.717) is 11.5 Å². The molecule has 0 atom stereocenters. The van der Waals surface area contributed by atoms with Gasteiger partial charge in [-0.05, 0) is 38.9 Å². The van der Waals surface area contributed by atoms with Gasteiger partial charge in [-0.15, -0.1) is 0 Å². The Bertz CT molecular complexity index is 269. The zero-order valence-corrected chi connectivity index (χ0v) is 9.16. The van der Waals surface area contributed by atoms with Gasteiger partial charge in [0.05, 0.1) is 5.57 Å². The molecule has 82 valence electrons. The van der Waals surface area contributed by atoms with E-state index in [2.05, 4.69) is 17.3 Å². The highest BCUT2D eigenvalue weighted by Crippen LogP contribution is 2.14. The van der Waals surface area contributed by atoms with Gasteiger partial charge >= 0.3 is 0 Å². The molecule has 2 N–H and O–H groups in total. The third kappa shape index (κ3) is 4.13. The van der Waals surface area contributed by atoms with Crippen LogP contribution in [0.2, 0.25) is 0 Å². The molecule has 0 aromatic heterocycles. The lowest BCUT2D eigenvalue weighted by molar-refractivity contribution is 0.219. The monoisotopic (exact) mass is 206 g/mol. The Morgan fingerprint density at radius 2 is 2.27 bits per heavy atom. The van der Waals surface area contributed by atoms with Gasteiger partial charge in [0.25, 0.3) is 0 Å². The van der Waals surface area contributed by atoms with Crippen molar-refractivity contribution in [1.82, 2.24) is 10.2 Å². The van der Waals surface area contributed by atoms with E-state index >= 15 is 0 Å². The molecule has 1 aliphatic rings. The summed E-state index contributed by atoms with van der Waals surface area (Å²) >= 11 is 0. The maximum atomic E-state index is 8.58. The van der Waals surface area contributed by atoms with Crippen molar-refractivity contribution in [2.75, 3.05) is 26.7 Å². The average molecular weight is 206 g/mol. The van der Waals surface area contributed by atoms with Crippen LogP contribution >= 0.6 is 0 Å². The number of allylic oxidation sites excluding steroid dienone is 1. The second-order valence-electron chi connectivity index (χ2n) is 4.01. The second kappa shape index (κ2) is 6.20. The van der Waals surface area contributed by atoms with Crippen molar-refractivity contribution < 1.29 is 0 Å². The molecule has 0 unspecified atom stereocenters. The number of piperidine rings is 1. The summed E-state index contributed by atoms with van der Waals surface area (Å²) in [6, 6.07) is 1.94. The van der Waals surface area contributed by atoms with E-state index in [0.717, 1.165) is 25.8 Å². The van der Waals surface area contributed by atoms with Crippen molar-refractivity contribution in [3.05, 3.63) is 11.8 Å². The van der Waals surface area contributed by atoms with Crippen LogP contribution in [0, 0.1) is 22.7 Å². The molecule has 0 amide bonds. The van der Waals surface area contributed by atoms with Crippen LogP contribution < -0.4 is 5.32 Å². The summed E-state index contributed by atoms with van der Waals surface area (Å²) in [6.45, 7) is 3.23. The molecule has 1 fully saturated rings. The first-order valence-corrected chi connectivity index (χ1v) is 5.29. The molecule has 1 saturated heterocycles. The van der Waals surface area contributed by atoms with Gasteiger partial charge < -0.3 is 15.6 Å². The van der Waals surface area contributed by atoms with Crippen molar-refractivity contribution in [1.29, 1.82) is 10.7 Å². The summed E-state index contributed by atoms with van der Waals surface area (Å²) in [7, 11) is 2.15. The maximum Gasteiger partial charge on any atom is 0.102 e. The van der Waals surface area contributed by atoms with Crippen LogP contribution in [0.25, 0.3) is 0 Å². The topological polar surface area (TPSA) is 62.9 Å². The van der Waals surface area contributed by atoms with Gasteiger partial charge in [-0.1, -0.05) is 0 Å². The molecule has 4 heteroatoms. The van der Waals surface area contributed by atoms with Gasteiger partial charge in [-0.3, -0.25) is 0 Å². The van der Waals surface area contributed by atoms with Crippen LogP contribution in [0.3, 0.4) is 0 Å². The molecule has 0 aromatic rings. The van der Waals surface area contributed by atoms with E-state index in [1.807, 2.05) is 6.07 Å². The largest absolute Gasteiger partial charge is 0.390 e. The minimum Gasteiger partial charge on any atom is -0.390 e. The predicted octanol–water partition coefficient (Wildman–Crippen LogP) is 0.975. The lowest BCUT2D eigenvalue weighted by Gasteiger charge is -2.28. The first-order valence-electron chi connectivity index (χ1n) is 5.29. The number of hydrogen-bond donors (Lipinski definition) is 2. The van der Waals surface area contributed by atoms with Crippen molar-refractivity contribution in [2.24, 2.45) is 5.92 Å². The molecular weight excluding hydrogens is 188 g/mol. The number of nitriles is 1. The van der Waals surface area contributed by atoms with Gasteiger partial charge in [0.1, 0.15) is 6.07 Å². The minimum absolute atomic E-state index is 0.378. The Balaban J connectivity index is 2.23. The van der Waals surface area contributed by atoms with E-state index in [-0.39, 0.29) is 0 Å². The molecule has 0 aliphatic carbocycles. The third-order valence-electron chi connectivity index (χ3n) is 2.79. The van der Waals surface area contributed by atoms with Crippen LogP contribution in [0.15, 0.2) is 11.8 Å². The normalized spacial score (nSPS) is 19.6. The van der Waals surface area contributed by atoms with Crippen molar-refractivity contribution in [3.63, 3.8) is 0 Å². The SMILES string of the molecule is CN1CCC(CN/C=C(/C#N)C=N)CC1. The molecule has 1 aliphatic heterocycles. The zero-order valence-electron chi connectivity index (χ0n) is 9.16. The first-order chi connectivity index (χ1) is 7.26. The quantitative estimate of drug-likeness (QED) is 0.532. The Morgan fingerprint density at radius 3 is 2.80 bits per heavy atom. The zero-order chi connectivity index (χ0) is 11.1. The molecule has 15 heavy (non-hydrogen) atoms. The molecule has 0 spiro atoms. The number of hydrogen-bond acceptors (Lipinski definition) is 4. The summed E-state index contributed by atoms with van der Waals surface area (Å²) in [5.74, 6) is 0.697. The van der Waals surface area contributed by atoms with Crippen LogP contribution in [-0.2, 0) is 0 Å². The van der Waals surface area contributed by atoms with Crippen LogP contribution in [0.1, 0.15) is 12.8 Å². The highest BCUT2D eigenvalue weighted by molar-refractivity contribution is 5.80. The lowest BCUT2D eigenvalue weighted by Crippen LogP contribution is -2.33. The standard InChI is InChI=1S/C11H18N4/c1-15-4-2-10(3-5-15)8-14-9-11(6-12)7-13/h6,9-10,12,14H,2-5,8H2,1H3/b11-9+,12-6?. The number of nitrogens with one attached hydrogen (secondary N) is 2. The molecular formula is C11H18N4. The fraction of sp³-hybridized carbons (Fsp3) is 0.636. The second-order valence-corrected chi connectivity index (χ2v) is 4.01. The summed E-state index contributed by atoms with van der Waals surface area (Å²) in [5, 5.41) is 18.6. The first kappa shape index (κ1) is 11.7. The fourth-order valence-corrected chi connectivity index (χ4v) is 1.71. The molecule has 0 saturated carbocycles. The number of rotatable bonds is 4. The van der Waals surface area contributed by atoms with Crippen LogP contribution in [-0.4, -0.2) is 37.8 Å². The van der Waals surface area contributed by atoms with Gasteiger partial charge in [-0.2, -0.15) is 5.26 Å². The van der Waals surface area contributed by atoms with Crippen molar-refractivity contribution in [2.45, 2.75) is 12.8 Å². The van der Waals surface area contributed by atoms with Crippen molar-refractivity contribution in [3.8, 4) is 6.07 Å². The Labute approximate surface area is 91.1 Å². The molecule has 0 aromatic carbocycles. The Kier molecular flexibility index (Phi) is 4.85. The summed E-state index contributed by atoms with van der Waals surface area (Å²) < 4.78 is 0. The highest BCUT2D eigenvalue weighted by atomic mass is 15.1. The van der Waals surface area contributed by atoms with Crippen molar-refractivity contribution >= 4 is 6.21 Å². The summed E-state index contributed by atoms with van der Waals surface area (Å²) in [5.41, 5.74) is 0.378.